The van der Waals surface area contributed by atoms with E-state index < -0.39 is 0 Å². The average molecular weight is 453 g/mol. The number of aromatic nitrogens is 3. The van der Waals surface area contributed by atoms with E-state index in [0.29, 0.717) is 17.5 Å². The van der Waals surface area contributed by atoms with Crippen LogP contribution in [0.5, 0.6) is 0 Å². The lowest BCUT2D eigenvalue weighted by molar-refractivity contribution is -0.119. The molecule has 1 atom stereocenters. The van der Waals surface area contributed by atoms with Crippen molar-refractivity contribution in [2.45, 2.75) is 43.9 Å². The van der Waals surface area contributed by atoms with E-state index in [1.165, 1.54) is 22.0 Å². The number of rotatable bonds is 10. The van der Waals surface area contributed by atoms with Crippen molar-refractivity contribution in [1.82, 2.24) is 20.5 Å². The third-order valence-electron chi connectivity index (χ3n) is 4.78. The van der Waals surface area contributed by atoms with E-state index in [-0.39, 0.29) is 17.7 Å². The summed E-state index contributed by atoms with van der Waals surface area (Å²) in [4.78, 5) is 16.8. The molecule has 1 unspecified atom stereocenters. The fourth-order valence-corrected chi connectivity index (χ4v) is 4.74. The summed E-state index contributed by atoms with van der Waals surface area (Å²) in [7, 11) is 0. The van der Waals surface area contributed by atoms with Gasteiger partial charge in [0, 0.05) is 18.9 Å². The molecule has 0 radical (unpaired) electrons. The maximum atomic E-state index is 12.2. The molecule has 2 aromatic heterocycles. The van der Waals surface area contributed by atoms with Gasteiger partial charge < -0.3 is 9.73 Å². The predicted octanol–water partition coefficient (Wildman–Crippen LogP) is 4.69. The van der Waals surface area contributed by atoms with Crippen molar-refractivity contribution in [1.29, 1.82) is 0 Å². The topological polar surface area (TPSA) is 80.9 Å². The van der Waals surface area contributed by atoms with Gasteiger partial charge in [0.15, 0.2) is 0 Å². The van der Waals surface area contributed by atoms with Gasteiger partial charge in [0.1, 0.15) is 0 Å². The summed E-state index contributed by atoms with van der Waals surface area (Å²) in [5.41, 5.74) is 2.30. The number of fused-ring (bicyclic) bond motifs is 1. The van der Waals surface area contributed by atoms with Crippen LogP contribution in [0.4, 0.5) is 0 Å². The average Bonchev–Trinajstić information content (AvgIpc) is 3.42. The minimum Gasteiger partial charge on any atom is -0.416 e. The molecule has 8 heteroatoms. The molecule has 0 aliphatic heterocycles. The summed E-state index contributed by atoms with van der Waals surface area (Å²) < 4.78 is 6.86. The zero-order valence-electron chi connectivity index (χ0n) is 17.3. The summed E-state index contributed by atoms with van der Waals surface area (Å²) in [6, 6.07) is 18.5. The molecule has 0 bridgehead atoms. The molecule has 4 aromatic rings. The molecule has 31 heavy (non-hydrogen) atoms. The van der Waals surface area contributed by atoms with E-state index >= 15 is 0 Å². The van der Waals surface area contributed by atoms with Gasteiger partial charge in [-0.2, -0.15) is 0 Å². The van der Waals surface area contributed by atoms with Crippen molar-refractivity contribution in [3.05, 3.63) is 71.1 Å². The van der Waals surface area contributed by atoms with Gasteiger partial charge in [-0.15, -0.1) is 21.5 Å². The molecule has 0 aliphatic carbocycles. The molecule has 2 aromatic carbocycles. The second kappa shape index (κ2) is 10.5. The molecule has 4 rings (SSSR count). The normalized spacial score (nSPS) is 12.2. The zero-order chi connectivity index (χ0) is 21.5. The lowest BCUT2D eigenvalue weighted by atomic mass is 10.1. The van der Waals surface area contributed by atoms with Crippen LogP contribution in [0.25, 0.3) is 10.2 Å². The molecule has 0 spiro atoms. The van der Waals surface area contributed by atoms with Crippen LogP contribution in [0, 0.1) is 0 Å². The van der Waals surface area contributed by atoms with Crippen molar-refractivity contribution < 1.29 is 9.21 Å². The molecule has 160 valence electrons. The minimum absolute atomic E-state index is 0.0280. The SMILES string of the molecule is CC(CCc1ccccc1)NC(=O)CSc1nnc(CCc2nc3ccccc3s2)o1. The van der Waals surface area contributed by atoms with Crippen LogP contribution in [0.3, 0.4) is 0 Å². The zero-order valence-corrected chi connectivity index (χ0v) is 18.9. The monoisotopic (exact) mass is 452 g/mol. The molecule has 2 heterocycles. The van der Waals surface area contributed by atoms with Crippen molar-refractivity contribution >= 4 is 39.2 Å². The fourth-order valence-electron chi connectivity index (χ4n) is 3.18. The number of hydrogen-bond donors (Lipinski definition) is 1. The van der Waals surface area contributed by atoms with E-state index in [2.05, 4.69) is 38.7 Å². The van der Waals surface area contributed by atoms with E-state index in [1.807, 2.05) is 43.3 Å². The smallest absolute Gasteiger partial charge is 0.277 e. The Kier molecular flexibility index (Phi) is 7.32. The van der Waals surface area contributed by atoms with Crippen LogP contribution < -0.4 is 5.32 Å². The number of carbonyl (C=O) groups is 1. The van der Waals surface area contributed by atoms with Gasteiger partial charge in [0.2, 0.25) is 11.8 Å². The molecule has 0 aliphatic rings. The minimum atomic E-state index is -0.0280. The number of nitrogens with zero attached hydrogens (tertiary/aromatic N) is 3. The summed E-state index contributed by atoms with van der Waals surface area (Å²) in [5.74, 6) is 0.799. The second-order valence-electron chi connectivity index (χ2n) is 7.32. The third kappa shape index (κ3) is 6.38. The largest absolute Gasteiger partial charge is 0.416 e. The molecule has 0 fully saturated rings. The van der Waals surface area contributed by atoms with Gasteiger partial charge in [0.25, 0.3) is 5.22 Å². The first-order valence-electron chi connectivity index (χ1n) is 10.3. The van der Waals surface area contributed by atoms with Crippen LogP contribution in [0.1, 0.15) is 29.8 Å². The highest BCUT2D eigenvalue weighted by Gasteiger charge is 2.13. The second-order valence-corrected chi connectivity index (χ2v) is 9.36. The number of aryl methyl sites for hydroxylation is 3. The lowest BCUT2D eigenvalue weighted by Crippen LogP contribution is -2.34. The van der Waals surface area contributed by atoms with Crippen LogP contribution in [0.15, 0.2) is 64.2 Å². The quantitative estimate of drug-likeness (QED) is 0.352. The number of thioether (sulfide) groups is 1. The summed E-state index contributed by atoms with van der Waals surface area (Å²) in [6.45, 7) is 2.03. The molecular formula is C23H24N4O2S2. The number of hydrogen-bond acceptors (Lipinski definition) is 7. The highest BCUT2D eigenvalue weighted by molar-refractivity contribution is 7.99. The molecule has 1 N–H and O–H groups in total. The van der Waals surface area contributed by atoms with Crippen molar-refractivity contribution in [2.24, 2.45) is 0 Å². The summed E-state index contributed by atoms with van der Waals surface area (Å²) in [5, 5.41) is 12.6. The van der Waals surface area contributed by atoms with Crippen LogP contribution >= 0.6 is 23.1 Å². The highest BCUT2D eigenvalue weighted by Crippen LogP contribution is 2.23. The van der Waals surface area contributed by atoms with E-state index in [4.69, 9.17) is 4.42 Å². The Morgan fingerprint density at radius 1 is 1.06 bits per heavy atom. The number of thiazole rings is 1. The summed E-state index contributed by atoms with van der Waals surface area (Å²) >= 11 is 2.95. The first-order valence-corrected chi connectivity index (χ1v) is 12.1. The third-order valence-corrected chi connectivity index (χ3v) is 6.70. The first-order chi connectivity index (χ1) is 15.2. The maximum absolute atomic E-state index is 12.2. The van der Waals surface area contributed by atoms with Gasteiger partial charge >= 0.3 is 0 Å². The Labute approximate surface area is 189 Å². The van der Waals surface area contributed by atoms with Crippen molar-refractivity contribution in [3.8, 4) is 0 Å². The van der Waals surface area contributed by atoms with Crippen LogP contribution in [0.2, 0.25) is 0 Å². The van der Waals surface area contributed by atoms with Crippen molar-refractivity contribution in [3.63, 3.8) is 0 Å². The van der Waals surface area contributed by atoms with Crippen LogP contribution in [-0.2, 0) is 24.1 Å². The number of benzene rings is 2. The molecule has 0 saturated carbocycles. The summed E-state index contributed by atoms with van der Waals surface area (Å²) in [6.07, 6.45) is 3.23. The van der Waals surface area contributed by atoms with E-state index in [0.717, 1.165) is 29.8 Å². The predicted molar refractivity (Wildman–Crippen MR) is 124 cm³/mol. The van der Waals surface area contributed by atoms with Gasteiger partial charge in [-0.25, -0.2) is 4.98 Å². The maximum Gasteiger partial charge on any atom is 0.277 e. The molecule has 6 nitrogen and oxygen atoms in total. The van der Waals surface area contributed by atoms with E-state index in [9.17, 15) is 4.79 Å². The van der Waals surface area contributed by atoms with Gasteiger partial charge in [0.05, 0.1) is 21.0 Å². The van der Waals surface area contributed by atoms with Crippen molar-refractivity contribution in [2.75, 3.05) is 5.75 Å². The molecule has 1 amide bonds. The lowest BCUT2D eigenvalue weighted by Gasteiger charge is -2.13. The molecule has 0 saturated heterocycles. The van der Waals surface area contributed by atoms with Gasteiger partial charge in [-0.1, -0.05) is 54.2 Å². The standard InChI is InChI=1S/C23H24N4O2S2/c1-16(11-12-17-7-3-2-4-8-17)24-20(28)15-30-23-27-26-21(29-23)13-14-22-25-18-9-5-6-10-19(18)31-22/h2-10,16H,11-15H2,1H3,(H,24,28). The Balaban J connectivity index is 1.18. The van der Waals surface area contributed by atoms with Gasteiger partial charge in [-0.05, 0) is 37.5 Å². The van der Waals surface area contributed by atoms with Gasteiger partial charge in [-0.3, -0.25) is 4.79 Å². The first kappa shape index (κ1) is 21.5. The Bertz CT molecular complexity index is 1090. The molecular weight excluding hydrogens is 428 g/mol. The Morgan fingerprint density at radius 2 is 1.87 bits per heavy atom. The van der Waals surface area contributed by atoms with Crippen LogP contribution in [-0.4, -0.2) is 32.9 Å². The number of carbonyl (C=O) groups excluding carboxylic acids is 1. The number of amides is 1. The number of para-hydroxylation sites is 1. The number of nitrogens with one attached hydrogen (secondary N) is 1. The highest BCUT2D eigenvalue weighted by atomic mass is 32.2. The van der Waals surface area contributed by atoms with E-state index in [1.54, 1.807) is 11.3 Å². The fraction of sp³-hybridized carbons (Fsp3) is 0.304. The Hall–Kier alpha value is -2.71. The Morgan fingerprint density at radius 3 is 2.71 bits per heavy atom.